The van der Waals surface area contributed by atoms with Gasteiger partial charge in [-0.3, -0.25) is 9.59 Å². The predicted molar refractivity (Wildman–Crippen MR) is 83.8 cm³/mol. The lowest BCUT2D eigenvalue weighted by Gasteiger charge is -2.45. The molecule has 2 heterocycles. The first-order valence-electron chi connectivity index (χ1n) is 8.82. The Morgan fingerprint density at radius 2 is 2.00 bits per heavy atom. The molecule has 4 unspecified atom stereocenters. The molecule has 0 aromatic carbocycles. The van der Waals surface area contributed by atoms with Crippen LogP contribution < -0.4 is 0 Å². The van der Waals surface area contributed by atoms with E-state index in [0.717, 1.165) is 19.3 Å². The monoisotopic (exact) mass is 338 g/mol. The number of carbonyl (C=O) groups is 3. The first-order valence-corrected chi connectivity index (χ1v) is 8.82. The zero-order valence-electron chi connectivity index (χ0n) is 14.6. The van der Waals surface area contributed by atoms with Crippen molar-refractivity contribution in [1.29, 1.82) is 0 Å². The van der Waals surface area contributed by atoms with Gasteiger partial charge >= 0.3 is 17.9 Å². The molecule has 2 saturated carbocycles. The van der Waals surface area contributed by atoms with Crippen molar-refractivity contribution in [3.05, 3.63) is 0 Å². The highest BCUT2D eigenvalue weighted by Gasteiger charge is 2.54. The zero-order valence-corrected chi connectivity index (χ0v) is 14.6. The van der Waals surface area contributed by atoms with Gasteiger partial charge in [0.15, 0.2) is 6.61 Å². The predicted octanol–water partition coefficient (Wildman–Crippen LogP) is 2.38. The largest absolute Gasteiger partial charge is 0.462 e. The van der Waals surface area contributed by atoms with Crippen molar-refractivity contribution in [3.8, 4) is 0 Å². The molecular formula is C18H26O6. The van der Waals surface area contributed by atoms with Crippen LogP contribution in [0.25, 0.3) is 0 Å². The van der Waals surface area contributed by atoms with Crippen molar-refractivity contribution in [2.24, 2.45) is 17.3 Å². The topological polar surface area (TPSA) is 78.9 Å². The lowest BCUT2D eigenvalue weighted by Crippen LogP contribution is -2.48. The third-order valence-corrected chi connectivity index (χ3v) is 5.80. The van der Waals surface area contributed by atoms with Gasteiger partial charge in [0.05, 0.1) is 11.3 Å². The van der Waals surface area contributed by atoms with Gasteiger partial charge in [0, 0.05) is 12.8 Å². The van der Waals surface area contributed by atoms with Crippen molar-refractivity contribution in [3.63, 3.8) is 0 Å². The molecule has 0 spiro atoms. The van der Waals surface area contributed by atoms with Crippen molar-refractivity contribution in [2.75, 3.05) is 6.61 Å². The Morgan fingerprint density at radius 1 is 1.25 bits per heavy atom. The van der Waals surface area contributed by atoms with Crippen molar-refractivity contribution >= 4 is 17.9 Å². The van der Waals surface area contributed by atoms with Gasteiger partial charge in [-0.05, 0) is 45.4 Å². The summed E-state index contributed by atoms with van der Waals surface area (Å²) >= 11 is 0. The molecule has 4 atom stereocenters. The Hall–Kier alpha value is -1.59. The fraction of sp³-hybridized carbons (Fsp3) is 0.833. The molecule has 0 aromatic rings. The van der Waals surface area contributed by atoms with E-state index in [1.54, 1.807) is 13.8 Å². The summed E-state index contributed by atoms with van der Waals surface area (Å²) in [7, 11) is 0. The van der Waals surface area contributed by atoms with Gasteiger partial charge in [0.1, 0.15) is 11.7 Å². The second-order valence-corrected chi connectivity index (χ2v) is 8.18. The molecule has 0 N–H and O–H groups in total. The molecule has 0 aromatic heterocycles. The van der Waals surface area contributed by atoms with Crippen LogP contribution >= 0.6 is 0 Å². The Labute approximate surface area is 142 Å². The summed E-state index contributed by atoms with van der Waals surface area (Å²) in [4.78, 5) is 36.2. The Morgan fingerprint density at radius 3 is 2.71 bits per heavy atom. The number of ether oxygens (including phenoxy) is 3. The van der Waals surface area contributed by atoms with Crippen molar-refractivity contribution in [2.45, 2.75) is 71.0 Å². The van der Waals surface area contributed by atoms with Crippen LogP contribution in [-0.4, -0.2) is 36.2 Å². The minimum atomic E-state index is -0.633. The highest BCUT2D eigenvalue weighted by Crippen LogP contribution is 2.51. The second-order valence-electron chi connectivity index (χ2n) is 8.18. The number of hydrogen-bond acceptors (Lipinski definition) is 6. The Balaban J connectivity index is 1.60. The maximum absolute atomic E-state index is 12.2. The summed E-state index contributed by atoms with van der Waals surface area (Å²) in [5.41, 5.74) is -1.24. The summed E-state index contributed by atoms with van der Waals surface area (Å²) < 4.78 is 16.3. The van der Waals surface area contributed by atoms with Crippen LogP contribution in [0.4, 0.5) is 0 Å². The quantitative estimate of drug-likeness (QED) is 0.566. The van der Waals surface area contributed by atoms with Gasteiger partial charge in [-0.1, -0.05) is 6.92 Å². The van der Waals surface area contributed by atoms with Crippen LogP contribution in [0.2, 0.25) is 0 Å². The highest BCUT2D eigenvalue weighted by atomic mass is 16.6. The van der Waals surface area contributed by atoms with Crippen LogP contribution in [0.1, 0.15) is 59.3 Å². The minimum Gasteiger partial charge on any atom is -0.462 e. The van der Waals surface area contributed by atoms with E-state index in [4.69, 9.17) is 14.2 Å². The molecule has 4 aliphatic rings. The number of hydrogen-bond donors (Lipinski definition) is 0. The van der Waals surface area contributed by atoms with Crippen molar-refractivity contribution < 1.29 is 28.6 Å². The second kappa shape index (κ2) is 6.05. The third-order valence-electron chi connectivity index (χ3n) is 5.80. The van der Waals surface area contributed by atoms with E-state index in [0.29, 0.717) is 25.2 Å². The zero-order chi connectivity index (χ0) is 17.5. The lowest BCUT2D eigenvalue weighted by molar-refractivity contribution is -0.183. The number of rotatable bonds is 5. The van der Waals surface area contributed by atoms with Gasteiger partial charge < -0.3 is 14.2 Å². The number of esters is 3. The molecule has 0 amide bonds. The molecular weight excluding hydrogens is 312 g/mol. The molecule has 2 saturated heterocycles. The van der Waals surface area contributed by atoms with Gasteiger partial charge in [-0.2, -0.15) is 0 Å². The molecule has 24 heavy (non-hydrogen) atoms. The molecule has 0 radical (unpaired) electrons. The van der Waals surface area contributed by atoms with Crippen LogP contribution in [-0.2, 0) is 28.6 Å². The highest BCUT2D eigenvalue weighted by molar-refractivity contribution is 5.80. The van der Waals surface area contributed by atoms with Crippen LogP contribution in [0.15, 0.2) is 0 Å². The molecule has 6 heteroatoms. The molecule has 2 aliphatic heterocycles. The summed E-state index contributed by atoms with van der Waals surface area (Å²) in [6.07, 6.45) is 4.03. The summed E-state index contributed by atoms with van der Waals surface area (Å²) in [6, 6.07) is 0. The summed E-state index contributed by atoms with van der Waals surface area (Å²) in [5, 5.41) is 0. The molecule has 4 rings (SSSR count). The van der Waals surface area contributed by atoms with Gasteiger partial charge in [-0.15, -0.1) is 0 Å². The Bertz CT molecular complexity index is 554. The van der Waals surface area contributed by atoms with E-state index in [9.17, 15) is 14.4 Å². The van der Waals surface area contributed by atoms with E-state index in [1.807, 2.05) is 6.92 Å². The smallest absolute Gasteiger partial charge is 0.344 e. The molecule has 2 aliphatic carbocycles. The fourth-order valence-electron chi connectivity index (χ4n) is 4.23. The van der Waals surface area contributed by atoms with Crippen LogP contribution in [0, 0.1) is 17.3 Å². The van der Waals surface area contributed by atoms with Gasteiger partial charge in [-0.25, -0.2) is 4.79 Å². The first-order chi connectivity index (χ1) is 11.2. The van der Waals surface area contributed by atoms with Crippen LogP contribution in [0.5, 0.6) is 0 Å². The molecule has 4 fully saturated rings. The third kappa shape index (κ3) is 3.28. The first kappa shape index (κ1) is 17.2. The SMILES string of the molecule is CCC(C)(C)C(=O)OCC(=O)OC12CC3CC(C1)OC(=O)C(C3)C2. The van der Waals surface area contributed by atoms with E-state index >= 15 is 0 Å². The minimum absolute atomic E-state index is 0.155. The standard InChI is InChI=1S/C18H26O6/c1-4-17(2,3)16(21)22-10-14(19)24-18-7-11-5-12(8-18)15(20)23-13(6-11)9-18/h11-13H,4-10H2,1-3H3. The maximum Gasteiger partial charge on any atom is 0.344 e. The summed E-state index contributed by atoms with van der Waals surface area (Å²) in [5.74, 6) is -0.905. The molecule has 6 nitrogen and oxygen atoms in total. The lowest BCUT2D eigenvalue weighted by atomic mass is 9.65. The van der Waals surface area contributed by atoms with E-state index < -0.39 is 23.0 Å². The van der Waals surface area contributed by atoms with Crippen LogP contribution in [0.3, 0.4) is 0 Å². The maximum atomic E-state index is 12.2. The van der Waals surface area contributed by atoms with E-state index in [2.05, 4.69) is 0 Å². The average molecular weight is 338 g/mol. The summed E-state index contributed by atoms with van der Waals surface area (Å²) in [6.45, 7) is 5.09. The number of carbonyl (C=O) groups excluding carboxylic acids is 3. The number of fused-ring (bicyclic) bond motifs is 1. The van der Waals surface area contributed by atoms with E-state index in [1.165, 1.54) is 0 Å². The van der Waals surface area contributed by atoms with Gasteiger partial charge in [0.2, 0.25) is 0 Å². The van der Waals surface area contributed by atoms with E-state index in [-0.39, 0.29) is 24.6 Å². The fourth-order valence-corrected chi connectivity index (χ4v) is 4.23. The molecule has 134 valence electrons. The Kier molecular flexibility index (Phi) is 4.34. The van der Waals surface area contributed by atoms with Gasteiger partial charge in [0.25, 0.3) is 0 Å². The van der Waals surface area contributed by atoms with Crippen molar-refractivity contribution in [1.82, 2.24) is 0 Å². The molecule has 4 bridgehead atoms. The normalized spacial score (nSPS) is 34.5. The average Bonchev–Trinajstić information content (AvgIpc) is 2.66.